The van der Waals surface area contributed by atoms with Crippen LogP contribution < -0.4 is 0 Å². The standard InChI is InChI=1S/C29H50N2O/c1-19(30(7)8)21-12-14-27(6)23-11-10-22-25(3,4)24(31(9)20(2)32)13-15-28(22)18-29(23,28)17-16-26(21,27)5/h19,21-24H,10-18H2,1-9H3/t19-,21+,22-,23-,24-,26+,27-,28+,29-/m0/s1. The molecular formula is C29H50N2O. The van der Waals surface area contributed by atoms with Gasteiger partial charge >= 0.3 is 0 Å². The second-order valence-corrected chi connectivity index (χ2v) is 14.4. The number of hydrogen-bond acceptors (Lipinski definition) is 2. The first kappa shape index (κ1) is 23.2. The maximum absolute atomic E-state index is 12.3. The second kappa shape index (κ2) is 6.76. The second-order valence-electron chi connectivity index (χ2n) is 14.4. The fourth-order valence-electron chi connectivity index (χ4n) is 11.4. The molecular weight excluding hydrogens is 392 g/mol. The van der Waals surface area contributed by atoms with E-state index in [1.807, 2.05) is 0 Å². The Labute approximate surface area is 198 Å². The van der Waals surface area contributed by atoms with Gasteiger partial charge in [0.25, 0.3) is 0 Å². The molecule has 5 aliphatic rings. The predicted molar refractivity (Wildman–Crippen MR) is 132 cm³/mol. The lowest BCUT2D eigenvalue weighted by Crippen LogP contribution is -2.60. The zero-order valence-electron chi connectivity index (χ0n) is 22.6. The third-order valence-corrected chi connectivity index (χ3v) is 13.5. The van der Waals surface area contributed by atoms with E-state index in [1.54, 1.807) is 6.92 Å². The van der Waals surface area contributed by atoms with E-state index < -0.39 is 0 Å². The summed E-state index contributed by atoms with van der Waals surface area (Å²) in [6.45, 7) is 14.7. The molecule has 3 heteroatoms. The van der Waals surface area contributed by atoms with Gasteiger partial charge in [-0.15, -0.1) is 0 Å². The number of hydrogen-bond donors (Lipinski definition) is 0. The van der Waals surface area contributed by atoms with Crippen LogP contribution in [0.2, 0.25) is 0 Å². The summed E-state index contributed by atoms with van der Waals surface area (Å²) in [6.07, 6.45) is 12.7. The van der Waals surface area contributed by atoms with Crippen molar-refractivity contribution in [2.75, 3.05) is 21.1 Å². The molecule has 5 fully saturated rings. The molecule has 0 aromatic heterocycles. The van der Waals surface area contributed by atoms with Crippen molar-refractivity contribution in [1.82, 2.24) is 9.80 Å². The molecule has 182 valence electrons. The topological polar surface area (TPSA) is 23.6 Å². The summed E-state index contributed by atoms with van der Waals surface area (Å²) < 4.78 is 0. The van der Waals surface area contributed by atoms with Crippen LogP contribution in [0.1, 0.15) is 99.3 Å². The number of rotatable bonds is 3. The van der Waals surface area contributed by atoms with E-state index in [2.05, 4.69) is 65.6 Å². The Hall–Kier alpha value is -0.570. The molecule has 5 aliphatic carbocycles. The number of nitrogens with zero attached hydrogens (tertiary/aromatic N) is 2. The Balaban J connectivity index is 1.47. The number of carbonyl (C=O) groups excluding carboxylic acids is 1. The zero-order chi connectivity index (χ0) is 23.5. The first-order chi connectivity index (χ1) is 14.8. The molecule has 1 amide bonds. The van der Waals surface area contributed by atoms with Crippen molar-refractivity contribution in [3.8, 4) is 0 Å². The average Bonchev–Trinajstić information content (AvgIpc) is 3.29. The number of carbonyl (C=O) groups is 1. The first-order valence-electron chi connectivity index (χ1n) is 13.7. The molecule has 0 heterocycles. The molecule has 0 saturated heterocycles. The molecule has 0 aliphatic heterocycles. The molecule has 0 bridgehead atoms. The Bertz CT molecular complexity index is 805. The summed E-state index contributed by atoms with van der Waals surface area (Å²) in [4.78, 5) is 16.8. The van der Waals surface area contributed by atoms with Crippen LogP contribution in [0.3, 0.4) is 0 Å². The Morgan fingerprint density at radius 1 is 0.812 bits per heavy atom. The van der Waals surface area contributed by atoms with Gasteiger partial charge in [-0.05, 0) is 124 Å². The molecule has 5 rings (SSSR count). The van der Waals surface area contributed by atoms with Gasteiger partial charge in [-0.2, -0.15) is 0 Å². The quantitative estimate of drug-likeness (QED) is 0.518. The lowest BCUT2D eigenvalue weighted by atomic mass is 9.41. The van der Waals surface area contributed by atoms with Crippen LogP contribution in [0.15, 0.2) is 0 Å². The highest BCUT2D eigenvalue weighted by Gasteiger charge is 2.82. The van der Waals surface area contributed by atoms with Gasteiger partial charge in [-0.25, -0.2) is 0 Å². The molecule has 32 heavy (non-hydrogen) atoms. The van der Waals surface area contributed by atoms with Crippen molar-refractivity contribution < 1.29 is 4.79 Å². The summed E-state index contributed by atoms with van der Waals surface area (Å²) in [7, 11) is 6.63. The summed E-state index contributed by atoms with van der Waals surface area (Å²) >= 11 is 0. The zero-order valence-corrected chi connectivity index (χ0v) is 22.6. The van der Waals surface area contributed by atoms with Crippen molar-refractivity contribution in [3.63, 3.8) is 0 Å². The summed E-state index contributed by atoms with van der Waals surface area (Å²) in [5, 5.41) is 0. The number of fused-ring (bicyclic) bond motifs is 2. The van der Waals surface area contributed by atoms with Gasteiger partial charge in [0, 0.05) is 26.1 Å². The van der Waals surface area contributed by atoms with Gasteiger partial charge in [0.1, 0.15) is 0 Å². The van der Waals surface area contributed by atoms with Crippen molar-refractivity contribution >= 4 is 5.91 Å². The SMILES string of the molecule is CC(=O)N(C)[C@H]1CC[C@]23C[C@]24CC[C@]2(C)[C@@H]([C@H](C)N(C)C)CC[C@@]2(C)[C@@H]4CC[C@H]3C1(C)C. The van der Waals surface area contributed by atoms with Gasteiger partial charge in [-0.1, -0.05) is 27.7 Å². The van der Waals surface area contributed by atoms with Crippen LogP contribution >= 0.6 is 0 Å². The normalized spacial score (nSPS) is 51.8. The van der Waals surface area contributed by atoms with Gasteiger partial charge in [0.15, 0.2) is 0 Å². The third-order valence-electron chi connectivity index (χ3n) is 13.5. The van der Waals surface area contributed by atoms with Gasteiger partial charge in [0.2, 0.25) is 5.91 Å². The molecule has 0 radical (unpaired) electrons. The Kier molecular flexibility index (Phi) is 4.90. The van der Waals surface area contributed by atoms with Gasteiger partial charge in [0.05, 0.1) is 0 Å². The van der Waals surface area contributed by atoms with Crippen LogP contribution in [-0.2, 0) is 4.79 Å². The molecule has 0 N–H and O–H groups in total. The van der Waals surface area contributed by atoms with Crippen molar-refractivity contribution in [2.24, 2.45) is 44.8 Å². The average molecular weight is 443 g/mol. The minimum atomic E-state index is 0.229. The third kappa shape index (κ3) is 2.51. The highest BCUT2D eigenvalue weighted by Crippen LogP contribution is 2.89. The molecule has 9 atom stereocenters. The van der Waals surface area contributed by atoms with E-state index >= 15 is 0 Å². The fraction of sp³-hybridized carbons (Fsp3) is 0.966. The highest BCUT2D eigenvalue weighted by molar-refractivity contribution is 5.73. The van der Waals surface area contributed by atoms with Crippen LogP contribution in [-0.4, -0.2) is 48.9 Å². The maximum Gasteiger partial charge on any atom is 0.219 e. The summed E-state index contributed by atoms with van der Waals surface area (Å²) in [5.74, 6) is 2.79. The van der Waals surface area contributed by atoms with Crippen LogP contribution in [0.5, 0.6) is 0 Å². The summed E-state index contributed by atoms with van der Waals surface area (Å²) in [6, 6.07) is 1.09. The van der Waals surface area contributed by atoms with Gasteiger partial charge in [-0.3, -0.25) is 4.79 Å². The van der Waals surface area contributed by atoms with Crippen molar-refractivity contribution in [1.29, 1.82) is 0 Å². The molecule has 0 aromatic carbocycles. The lowest BCUT2D eigenvalue weighted by Gasteiger charge is -2.64. The van der Waals surface area contributed by atoms with E-state index in [0.29, 0.717) is 33.7 Å². The van der Waals surface area contributed by atoms with Crippen molar-refractivity contribution in [2.45, 2.75) is 111 Å². The highest BCUT2D eigenvalue weighted by atomic mass is 16.2. The Morgan fingerprint density at radius 3 is 2.06 bits per heavy atom. The van der Waals surface area contributed by atoms with Gasteiger partial charge < -0.3 is 9.80 Å². The monoisotopic (exact) mass is 442 g/mol. The van der Waals surface area contributed by atoms with E-state index in [0.717, 1.165) is 17.8 Å². The lowest BCUT2D eigenvalue weighted by molar-refractivity contribution is -0.158. The molecule has 2 spiro atoms. The smallest absolute Gasteiger partial charge is 0.219 e. The maximum atomic E-state index is 12.3. The fourth-order valence-corrected chi connectivity index (χ4v) is 11.4. The number of amides is 1. The van der Waals surface area contributed by atoms with E-state index in [-0.39, 0.29) is 11.3 Å². The molecule has 0 unspecified atom stereocenters. The van der Waals surface area contributed by atoms with Crippen LogP contribution in [0.4, 0.5) is 0 Å². The van der Waals surface area contributed by atoms with Crippen LogP contribution in [0, 0.1) is 44.8 Å². The van der Waals surface area contributed by atoms with Crippen LogP contribution in [0.25, 0.3) is 0 Å². The largest absolute Gasteiger partial charge is 0.342 e. The van der Waals surface area contributed by atoms with E-state index in [9.17, 15) is 4.79 Å². The van der Waals surface area contributed by atoms with Crippen molar-refractivity contribution in [3.05, 3.63) is 0 Å². The molecule has 0 aromatic rings. The van der Waals surface area contributed by atoms with E-state index in [4.69, 9.17) is 0 Å². The predicted octanol–water partition coefficient (Wildman–Crippen LogP) is 6.22. The minimum Gasteiger partial charge on any atom is -0.342 e. The molecule has 3 nitrogen and oxygen atoms in total. The Morgan fingerprint density at radius 2 is 1.44 bits per heavy atom. The minimum absolute atomic E-state index is 0.229. The van der Waals surface area contributed by atoms with E-state index in [1.165, 1.54) is 57.8 Å². The first-order valence-corrected chi connectivity index (χ1v) is 13.7. The molecule has 5 saturated carbocycles. The summed E-state index contributed by atoms with van der Waals surface area (Å²) in [5.41, 5.74) is 2.41.